The van der Waals surface area contributed by atoms with E-state index in [0.717, 1.165) is 64.6 Å². The third-order valence-electron chi connectivity index (χ3n) is 12.5. The summed E-state index contributed by atoms with van der Waals surface area (Å²) in [5.74, 6) is -0.883. The normalized spacial score (nSPS) is 12.8. The molecule has 2 heterocycles. The van der Waals surface area contributed by atoms with Crippen LogP contribution >= 0.6 is 0 Å². The number of hydrogen-bond donors (Lipinski definition) is 3. The molecular formula is C65H76N6O10. The third kappa shape index (κ3) is 18.5. The van der Waals surface area contributed by atoms with Gasteiger partial charge in [0, 0.05) is 61.3 Å². The number of esters is 1. The molecule has 16 heteroatoms. The Morgan fingerprint density at radius 1 is 0.519 bits per heavy atom. The lowest BCUT2D eigenvalue weighted by atomic mass is 10.00. The Hall–Kier alpha value is -8.66. The average Bonchev–Trinajstić information content (AvgIpc) is 3.75. The van der Waals surface area contributed by atoms with Crippen molar-refractivity contribution in [1.82, 2.24) is 20.4 Å². The first-order valence-electron chi connectivity index (χ1n) is 27.6. The third-order valence-corrected chi connectivity index (χ3v) is 12.5. The van der Waals surface area contributed by atoms with Crippen LogP contribution in [0, 0.1) is 0 Å². The number of carboxylic acid groups (broad SMARTS) is 1. The molecule has 426 valence electrons. The van der Waals surface area contributed by atoms with Gasteiger partial charge in [0.15, 0.2) is 0 Å². The summed E-state index contributed by atoms with van der Waals surface area (Å²) < 4.78 is 16.4. The second-order valence-electron chi connectivity index (χ2n) is 21.7. The number of aliphatic imine (C=N–C) groups is 2. The fourth-order valence-corrected chi connectivity index (χ4v) is 8.88. The monoisotopic (exact) mass is 1100 g/mol. The van der Waals surface area contributed by atoms with E-state index in [-0.39, 0.29) is 36.8 Å². The Kier molecular flexibility index (Phi) is 21.6. The van der Waals surface area contributed by atoms with Crippen LogP contribution in [0.2, 0.25) is 0 Å². The molecule has 0 aromatic heterocycles. The molecule has 16 nitrogen and oxygen atoms in total. The molecular weight excluding hydrogens is 1020 g/mol. The number of alkyl carbamates (subject to hydrolysis) is 2. The van der Waals surface area contributed by atoms with Gasteiger partial charge in [0.1, 0.15) is 29.5 Å². The largest absolute Gasteiger partial charge is 0.478 e. The van der Waals surface area contributed by atoms with Crippen molar-refractivity contribution < 1.29 is 48.1 Å². The number of carboxylic acids is 1. The maximum atomic E-state index is 13.6. The number of hydrogen-bond acceptors (Lipinski definition) is 11. The Morgan fingerprint density at radius 3 is 1.27 bits per heavy atom. The van der Waals surface area contributed by atoms with Crippen LogP contribution < -0.4 is 10.6 Å². The van der Waals surface area contributed by atoms with E-state index >= 15 is 0 Å². The van der Waals surface area contributed by atoms with Gasteiger partial charge in [0.2, 0.25) is 11.8 Å². The summed E-state index contributed by atoms with van der Waals surface area (Å²) in [6, 6.07) is 34.8. The molecule has 2 aliphatic rings. The van der Waals surface area contributed by atoms with Crippen molar-refractivity contribution in [1.29, 1.82) is 0 Å². The minimum absolute atomic E-state index is 0.0703. The van der Waals surface area contributed by atoms with E-state index in [2.05, 4.69) is 10.6 Å². The minimum atomic E-state index is -0.988. The fraction of sp³-hybridized carbons (Fsp3) is 0.354. The summed E-state index contributed by atoms with van der Waals surface area (Å²) in [5.41, 5.74) is 7.43. The van der Waals surface area contributed by atoms with Gasteiger partial charge in [0.05, 0.1) is 22.5 Å². The number of fused-ring (bicyclic) bond motifs is 2. The van der Waals surface area contributed by atoms with Gasteiger partial charge >= 0.3 is 24.1 Å². The van der Waals surface area contributed by atoms with E-state index in [1.165, 1.54) is 0 Å². The number of carbonyl (C=O) groups is 6. The van der Waals surface area contributed by atoms with E-state index in [1.807, 2.05) is 129 Å². The van der Waals surface area contributed by atoms with E-state index in [4.69, 9.17) is 24.2 Å². The van der Waals surface area contributed by atoms with Crippen LogP contribution in [0.15, 0.2) is 136 Å². The summed E-state index contributed by atoms with van der Waals surface area (Å²) in [5, 5.41) is 14.7. The van der Waals surface area contributed by atoms with Gasteiger partial charge in [-0.3, -0.25) is 20.2 Å². The van der Waals surface area contributed by atoms with Crippen LogP contribution in [0.5, 0.6) is 0 Å². The van der Waals surface area contributed by atoms with Crippen molar-refractivity contribution in [3.8, 4) is 22.3 Å². The molecule has 0 fully saturated rings. The molecule has 5 aromatic carbocycles. The molecule has 81 heavy (non-hydrogen) atoms. The molecule has 0 bridgehead atoms. The number of amides is 4. The predicted octanol–water partition coefficient (Wildman–Crippen LogP) is 13.7. The zero-order valence-electron chi connectivity index (χ0n) is 48.3. The molecule has 0 unspecified atom stereocenters. The topological polar surface area (TPSA) is 206 Å². The van der Waals surface area contributed by atoms with Gasteiger partial charge in [0.25, 0.3) is 0 Å². The predicted molar refractivity (Wildman–Crippen MR) is 319 cm³/mol. The van der Waals surface area contributed by atoms with Crippen molar-refractivity contribution in [3.05, 3.63) is 154 Å². The lowest BCUT2D eigenvalue weighted by molar-refractivity contribution is -0.128. The summed E-state index contributed by atoms with van der Waals surface area (Å²) >= 11 is 0. The van der Waals surface area contributed by atoms with Crippen molar-refractivity contribution in [2.75, 3.05) is 26.2 Å². The first kappa shape index (κ1) is 61.6. The molecule has 0 saturated carbocycles. The van der Waals surface area contributed by atoms with Gasteiger partial charge in [-0.15, -0.1) is 0 Å². The average molecular weight is 1100 g/mol. The van der Waals surface area contributed by atoms with Gasteiger partial charge in [-0.2, -0.15) is 0 Å². The smallest absolute Gasteiger partial charge is 0.413 e. The molecule has 7 rings (SSSR count). The molecule has 0 saturated heterocycles. The summed E-state index contributed by atoms with van der Waals surface area (Å²) in [7, 11) is 0. The Balaban J connectivity index is 0.000000265. The number of aromatic carboxylic acids is 1. The molecule has 0 aliphatic carbocycles. The summed E-state index contributed by atoms with van der Waals surface area (Å²) in [6.45, 7) is 21.7. The number of rotatable bonds is 16. The van der Waals surface area contributed by atoms with E-state index in [0.29, 0.717) is 65.9 Å². The van der Waals surface area contributed by atoms with Gasteiger partial charge in [-0.1, -0.05) is 107 Å². The minimum Gasteiger partial charge on any atom is -0.478 e. The summed E-state index contributed by atoms with van der Waals surface area (Å²) in [4.78, 5) is 89.4. The molecule has 2 aliphatic heterocycles. The highest BCUT2D eigenvalue weighted by molar-refractivity contribution is 6.10. The number of amidine groups is 2. The van der Waals surface area contributed by atoms with Crippen LogP contribution in [0.1, 0.15) is 145 Å². The van der Waals surface area contributed by atoms with Crippen LogP contribution in [-0.2, 0) is 30.4 Å². The molecule has 3 N–H and O–H groups in total. The first-order chi connectivity index (χ1) is 38.6. The maximum Gasteiger partial charge on any atom is 0.413 e. The SMILES string of the molecule is CCCN(CCC)C(=O)C1=Cc2ccc(-c3ccc(C(=O)O)cc3)cc2N=C(NC(=O)OC(C)(C)C)C1.CCCN(CCC)C(=O)C1=Cc2ccc(-c3ccc(C(=O)OCc4ccccc4)cc3)cc2N=C(NC(=O)OC(C)(C)C)C1. The maximum absolute atomic E-state index is 13.6. The quantitative estimate of drug-likeness (QED) is 0.0629. The van der Waals surface area contributed by atoms with Crippen LogP contribution in [-0.4, -0.2) is 99.9 Å². The first-order valence-corrected chi connectivity index (χ1v) is 27.6. The highest BCUT2D eigenvalue weighted by Crippen LogP contribution is 2.35. The van der Waals surface area contributed by atoms with E-state index in [9.17, 15) is 33.9 Å². The summed E-state index contributed by atoms with van der Waals surface area (Å²) in [6.07, 6.45) is 6.12. The van der Waals surface area contributed by atoms with Crippen molar-refractivity contribution >= 4 is 71.1 Å². The Morgan fingerprint density at radius 2 is 0.901 bits per heavy atom. The van der Waals surface area contributed by atoms with Crippen LogP contribution in [0.25, 0.3) is 34.4 Å². The van der Waals surface area contributed by atoms with E-state index < -0.39 is 35.3 Å². The van der Waals surface area contributed by atoms with Crippen LogP contribution in [0.4, 0.5) is 21.0 Å². The van der Waals surface area contributed by atoms with Gasteiger partial charge < -0.3 is 29.1 Å². The number of carbonyl (C=O) groups excluding carboxylic acids is 5. The standard InChI is InChI=1S/C36H41N3O5.C29H35N3O5/c1-6-19-39(20-7-2)33(40)30-21-29-18-17-28(22-31(29)37-32(23-30)38-35(42)44-36(3,4)5)26-13-15-27(16-14-26)34(41)43-24-25-11-9-8-10-12-25;1-6-14-32(15-7-2)26(33)23-16-22-13-12-21(19-8-10-20(11-9-19)27(34)35)17-24(22)30-25(18-23)31-28(36)37-29(3,4)5/h8-18,21-22H,6-7,19-20,23-24H2,1-5H3,(H,37,38,42);8-13,16-17H,6-7,14-15,18H2,1-5H3,(H,34,35)(H,30,31,36). The number of ether oxygens (including phenoxy) is 3. The Labute approximate surface area is 476 Å². The zero-order chi connectivity index (χ0) is 58.9. The van der Waals surface area contributed by atoms with Crippen molar-refractivity contribution in [2.45, 2.75) is 126 Å². The zero-order valence-corrected chi connectivity index (χ0v) is 48.3. The van der Waals surface area contributed by atoms with Gasteiger partial charge in [-0.05, 0) is 144 Å². The highest BCUT2D eigenvalue weighted by atomic mass is 16.6. The second kappa shape index (κ2) is 28.5. The second-order valence-corrected chi connectivity index (χ2v) is 21.7. The van der Waals surface area contributed by atoms with E-state index in [1.54, 1.807) is 77.9 Å². The number of nitrogens with zero attached hydrogens (tertiary/aromatic N) is 4. The number of benzene rings is 5. The van der Waals surface area contributed by atoms with Crippen molar-refractivity contribution in [2.24, 2.45) is 9.98 Å². The lowest BCUT2D eigenvalue weighted by Gasteiger charge is -2.23. The van der Waals surface area contributed by atoms with Gasteiger partial charge in [-0.25, -0.2) is 29.2 Å². The molecule has 4 amide bonds. The van der Waals surface area contributed by atoms with Crippen LogP contribution in [0.3, 0.4) is 0 Å². The fourth-order valence-electron chi connectivity index (χ4n) is 8.88. The molecule has 5 aromatic rings. The lowest BCUT2D eigenvalue weighted by Crippen LogP contribution is -2.38. The Bertz CT molecular complexity index is 3170. The molecule has 0 spiro atoms. The molecule has 0 radical (unpaired) electrons. The number of nitrogens with one attached hydrogen (secondary N) is 2. The van der Waals surface area contributed by atoms with Crippen molar-refractivity contribution in [3.63, 3.8) is 0 Å². The highest BCUT2D eigenvalue weighted by Gasteiger charge is 2.27. The molecule has 0 atom stereocenters.